The standard InChI is InChI=1S/C13H15N3S/c1-2-14-13-15-11(9-5-3-4-6-9)10-7-8-17-12(10)16-13/h5,7-8H,2-4,6H2,1H3,(H,14,15,16). The number of hydrogen-bond acceptors (Lipinski definition) is 4. The lowest BCUT2D eigenvalue weighted by atomic mass is 10.1. The number of nitrogens with zero attached hydrogens (tertiary/aromatic N) is 2. The Morgan fingerprint density at radius 3 is 3.12 bits per heavy atom. The Hall–Kier alpha value is -1.42. The van der Waals surface area contributed by atoms with Crippen LogP contribution in [0.4, 0.5) is 5.95 Å². The lowest BCUT2D eigenvalue weighted by molar-refractivity contribution is 0.933. The summed E-state index contributed by atoms with van der Waals surface area (Å²) in [6, 6.07) is 2.13. The van der Waals surface area contributed by atoms with Crippen LogP contribution in [0.5, 0.6) is 0 Å². The second-order valence-electron chi connectivity index (χ2n) is 4.19. The molecule has 0 unspecified atom stereocenters. The molecular formula is C13H15N3S. The van der Waals surface area contributed by atoms with Gasteiger partial charge < -0.3 is 5.32 Å². The smallest absolute Gasteiger partial charge is 0.224 e. The van der Waals surface area contributed by atoms with Crippen LogP contribution in [0, 0.1) is 0 Å². The first kappa shape index (κ1) is 10.7. The monoisotopic (exact) mass is 245 g/mol. The molecule has 0 aromatic carbocycles. The van der Waals surface area contributed by atoms with Crippen molar-refractivity contribution in [2.75, 3.05) is 11.9 Å². The molecule has 17 heavy (non-hydrogen) atoms. The lowest BCUT2D eigenvalue weighted by Gasteiger charge is -2.07. The van der Waals surface area contributed by atoms with E-state index < -0.39 is 0 Å². The number of anilines is 1. The number of aromatic nitrogens is 2. The first-order chi connectivity index (χ1) is 8.38. The van der Waals surface area contributed by atoms with Crippen LogP contribution in [0.25, 0.3) is 15.8 Å². The van der Waals surface area contributed by atoms with Crippen LogP contribution in [-0.4, -0.2) is 16.5 Å². The number of nitrogens with one attached hydrogen (secondary N) is 1. The Morgan fingerprint density at radius 2 is 2.35 bits per heavy atom. The van der Waals surface area contributed by atoms with Gasteiger partial charge in [0.25, 0.3) is 0 Å². The van der Waals surface area contributed by atoms with Gasteiger partial charge in [-0.3, -0.25) is 0 Å². The topological polar surface area (TPSA) is 37.8 Å². The van der Waals surface area contributed by atoms with Crippen molar-refractivity contribution in [2.24, 2.45) is 0 Å². The van der Waals surface area contributed by atoms with Crippen LogP contribution in [0.15, 0.2) is 17.5 Å². The maximum Gasteiger partial charge on any atom is 0.224 e. The SMILES string of the molecule is CCNc1nc(C2=CCCC2)c2ccsc2n1. The molecule has 0 saturated heterocycles. The van der Waals surface area contributed by atoms with Gasteiger partial charge in [0.1, 0.15) is 4.83 Å². The van der Waals surface area contributed by atoms with Gasteiger partial charge in [-0.15, -0.1) is 11.3 Å². The molecule has 0 atom stereocenters. The average molecular weight is 245 g/mol. The predicted octanol–water partition coefficient (Wildman–Crippen LogP) is 3.69. The molecule has 3 rings (SSSR count). The van der Waals surface area contributed by atoms with Crippen molar-refractivity contribution in [1.29, 1.82) is 0 Å². The Balaban J connectivity index is 2.16. The zero-order chi connectivity index (χ0) is 11.7. The second kappa shape index (κ2) is 4.45. The maximum atomic E-state index is 4.66. The molecule has 0 radical (unpaired) electrons. The molecule has 0 aliphatic heterocycles. The maximum absolute atomic E-state index is 4.66. The minimum atomic E-state index is 0.755. The van der Waals surface area contributed by atoms with Gasteiger partial charge in [-0.05, 0) is 43.2 Å². The van der Waals surface area contributed by atoms with Crippen molar-refractivity contribution in [3.63, 3.8) is 0 Å². The van der Waals surface area contributed by atoms with Gasteiger partial charge in [0.15, 0.2) is 0 Å². The summed E-state index contributed by atoms with van der Waals surface area (Å²) in [6.45, 7) is 2.92. The molecule has 0 fully saturated rings. The number of allylic oxidation sites excluding steroid dienone is 2. The van der Waals surface area contributed by atoms with Crippen molar-refractivity contribution in [2.45, 2.75) is 26.2 Å². The van der Waals surface area contributed by atoms with E-state index in [-0.39, 0.29) is 0 Å². The molecule has 2 aromatic heterocycles. The Kier molecular flexibility index (Phi) is 2.81. The van der Waals surface area contributed by atoms with Crippen LogP contribution < -0.4 is 5.32 Å². The normalized spacial score (nSPS) is 15.2. The Bertz CT molecular complexity index is 571. The van der Waals surface area contributed by atoms with Gasteiger partial charge >= 0.3 is 0 Å². The van der Waals surface area contributed by atoms with Gasteiger partial charge in [0.05, 0.1) is 5.69 Å². The molecule has 2 heterocycles. The summed E-state index contributed by atoms with van der Waals surface area (Å²) in [5.41, 5.74) is 2.51. The Labute approximate surface area is 105 Å². The van der Waals surface area contributed by atoms with E-state index in [9.17, 15) is 0 Å². The summed E-state index contributed by atoms with van der Waals surface area (Å²) < 4.78 is 0. The fourth-order valence-electron chi connectivity index (χ4n) is 2.22. The van der Waals surface area contributed by atoms with E-state index in [0.717, 1.165) is 29.4 Å². The van der Waals surface area contributed by atoms with Gasteiger partial charge in [-0.1, -0.05) is 6.08 Å². The first-order valence-corrected chi connectivity index (χ1v) is 6.95. The van der Waals surface area contributed by atoms with Crippen LogP contribution in [0.3, 0.4) is 0 Å². The summed E-state index contributed by atoms with van der Waals surface area (Å²) in [5.74, 6) is 0.755. The molecule has 1 N–H and O–H groups in total. The highest BCUT2D eigenvalue weighted by Crippen LogP contribution is 2.33. The summed E-state index contributed by atoms with van der Waals surface area (Å²) in [6.07, 6.45) is 5.89. The highest BCUT2D eigenvalue weighted by Gasteiger charge is 2.14. The molecule has 1 aliphatic carbocycles. The van der Waals surface area contributed by atoms with Gasteiger partial charge in [-0.2, -0.15) is 0 Å². The zero-order valence-electron chi connectivity index (χ0n) is 9.86. The average Bonchev–Trinajstić information content (AvgIpc) is 2.99. The summed E-state index contributed by atoms with van der Waals surface area (Å²) in [7, 11) is 0. The quantitative estimate of drug-likeness (QED) is 0.896. The molecule has 3 nitrogen and oxygen atoms in total. The van der Waals surface area contributed by atoms with E-state index in [1.54, 1.807) is 11.3 Å². The lowest BCUT2D eigenvalue weighted by Crippen LogP contribution is -2.03. The second-order valence-corrected chi connectivity index (χ2v) is 5.08. The molecule has 0 saturated carbocycles. The van der Waals surface area contributed by atoms with E-state index in [1.807, 2.05) is 0 Å². The van der Waals surface area contributed by atoms with Gasteiger partial charge in [0.2, 0.25) is 5.95 Å². The predicted molar refractivity (Wildman–Crippen MR) is 73.4 cm³/mol. The minimum Gasteiger partial charge on any atom is -0.354 e. The molecular weight excluding hydrogens is 230 g/mol. The third kappa shape index (κ3) is 1.93. The van der Waals surface area contributed by atoms with Gasteiger partial charge in [-0.25, -0.2) is 9.97 Å². The van der Waals surface area contributed by atoms with E-state index in [2.05, 4.69) is 39.7 Å². The van der Waals surface area contributed by atoms with Crippen molar-refractivity contribution < 1.29 is 0 Å². The fourth-order valence-corrected chi connectivity index (χ4v) is 2.99. The third-order valence-corrected chi connectivity index (χ3v) is 3.81. The summed E-state index contributed by atoms with van der Waals surface area (Å²) in [5, 5.41) is 6.50. The molecule has 0 amide bonds. The van der Waals surface area contributed by atoms with Crippen LogP contribution >= 0.6 is 11.3 Å². The molecule has 0 spiro atoms. The van der Waals surface area contributed by atoms with E-state index in [4.69, 9.17) is 0 Å². The van der Waals surface area contributed by atoms with Crippen molar-refractivity contribution in [3.8, 4) is 0 Å². The fraction of sp³-hybridized carbons (Fsp3) is 0.385. The summed E-state index contributed by atoms with van der Waals surface area (Å²) >= 11 is 1.68. The van der Waals surface area contributed by atoms with Crippen LogP contribution in [-0.2, 0) is 0 Å². The Morgan fingerprint density at radius 1 is 1.41 bits per heavy atom. The largest absolute Gasteiger partial charge is 0.354 e. The number of hydrogen-bond donors (Lipinski definition) is 1. The molecule has 1 aliphatic rings. The molecule has 2 aromatic rings. The number of thiophene rings is 1. The van der Waals surface area contributed by atoms with E-state index >= 15 is 0 Å². The highest BCUT2D eigenvalue weighted by molar-refractivity contribution is 7.16. The first-order valence-electron chi connectivity index (χ1n) is 6.07. The van der Waals surface area contributed by atoms with Crippen molar-refractivity contribution >= 4 is 33.1 Å². The minimum absolute atomic E-state index is 0.755. The zero-order valence-corrected chi connectivity index (χ0v) is 10.7. The molecule has 88 valence electrons. The van der Waals surface area contributed by atoms with E-state index in [0.29, 0.717) is 0 Å². The van der Waals surface area contributed by atoms with Crippen molar-refractivity contribution in [1.82, 2.24) is 9.97 Å². The molecule has 4 heteroatoms. The highest BCUT2D eigenvalue weighted by atomic mass is 32.1. The molecule has 0 bridgehead atoms. The van der Waals surface area contributed by atoms with Gasteiger partial charge in [0, 0.05) is 11.9 Å². The third-order valence-electron chi connectivity index (χ3n) is 3.01. The number of rotatable bonds is 3. The van der Waals surface area contributed by atoms with E-state index in [1.165, 1.54) is 23.8 Å². The van der Waals surface area contributed by atoms with Crippen molar-refractivity contribution in [3.05, 3.63) is 23.2 Å². The number of fused-ring (bicyclic) bond motifs is 1. The van der Waals surface area contributed by atoms with Crippen LogP contribution in [0.1, 0.15) is 31.9 Å². The van der Waals surface area contributed by atoms with Crippen LogP contribution in [0.2, 0.25) is 0 Å². The summed E-state index contributed by atoms with van der Waals surface area (Å²) in [4.78, 5) is 10.3.